The van der Waals surface area contributed by atoms with Gasteiger partial charge in [-0.15, -0.1) is 0 Å². The van der Waals surface area contributed by atoms with E-state index in [9.17, 15) is 9.59 Å². The Bertz CT molecular complexity index is 840. The number of amides is 2. The second-order valence-electron chi connectivity index (χ2n) is 7.87. The number of nitrogens with one attached hydrogen (secondary N) is 1. The molecule has 30 heavy (non-hydrogen) atoms. The van der Waals surface area contributed by atoms with Crippen LogP contribution in [0.2, 0.25) is 0 Å². The molecule has 2 aromatic heterocycles. The van der Waals surface area contributed by atoms with E-state index in [4.69, 9.17) is 4.74 Å². The van der Waals surface area contributed by atoms with E-state index < -0.39 is 0 Å². The highest BCUT2D eigenvalue weighted by Gasteiger charge is 2.35. The molecule has 1 aliphatic carbocycles. The molecule has 9 heteroatoms. The molecule has 1 aliphatic rings. The molecular formula is C21H30N6O3. The molecule has 0 aliphatic heterocycles. The Morgan fingerprint density at radius 2 is 2.13 bits per heavy atom. The minimum atomic E-state index is -0.181. The van der Waals surface area contributed by atoms with Gasteiger partial charge in [-0.05, 0) is 25.7 Å². The highest BCUT2D eigenvalue weighted by atomic mass is 16.5. The van der Waals surface area contributed by atoms with Crippen LogP contribution >= 0.6 is 0 Å². The van der Waals surface area contributed by atoms with Crippen LogP contribution in [-0.2, 0) is 34.3 Å². The maximum absolute atomic E-state index is 12.9. The van der Waals surface area contributed by atoms with Gasteiger partial charge < -0.3 is 15.0 Å². The summed E-state index contributed by atoms with van der Waals surface area (Å²) < 4.78 is 7.36. The molecule has 0 aromatic carbocycles. The van der Waals surface area contributed by atoms with Crippen LogP contribution in [0.15, 0.2) is 31.0 Å². The topological polar surface area (TPSA) is 102 Å². The van der Waals surface area contributed by atoms with Crippen LogP contribution in [0.25, 0.3) is 0 Å². The van der Waals surface area contributed by atoms with Gasteiger partial charge in [0.2, 0.25) is 11.8 Å². The molecule has 2 aromatic rings. The summed E-state index contributed by atoms with van der Waals surface area (Å²) in [5, 5.41) is 7.22. The molecular weight excluding hydrogens is 384 g/mol. The summed E-state index contributed by atoms with van der Waals surface area (Å²) >= 11 is 0. The van der Waals surface area contributed by atoms with Crippen LogP contribution in [0, 0.1) is 5.92 Å². The van der Waals surface area contributed by atoms with Crippen molar-refractivity contribution in [3.8, 4) is 0 Å². The summed E-state index contributed by atoms with van der Waals surface area (Å²) in [6, 6.07) is -0.0861. The molecule has 0 bridgehead atoms. The van der Waals surface area contributed by atoms with Crippen molar-refractivity contribution in [1.82, 2.24) is 30.0 Å². The molecule has 1 fully saturated rings. The zero-order valence-corrected chi connectivity index (χ0v) is 17.8. The third-order valence-corrected chi connectivity index (χ3v) is 5.57. The Morgan fingerprint density at radius 1 is 1.30 bits per heavy atom. The number of aromatic nitrogens is 4. The predicted octanol–water partition coefficient (Wildman–Crippen LogP) is 1.10. The Kier molecular flexibility index (Phi) is 7.51. The van der Waals surface area contributed by atoms with Gasteiger partial charge >= 0.3 is 0 Å². The van der Waals surface area contributed by atoms with E-state index >= 15 is 0 Å². The lowest BCUT2D eigenvalue weighted by molar-refractivity contribution is -0.138. The highest BCUT2D eigenvalue weighted by Crippen LogP contribution is 2.28. The van der Waals surface area contributed by atoms with Crippen LogP contribution < -0.4 is 5.32 Å². The first-order chi connectivity index (χ1) is 14.5. The summed E-state index contributed by atoms with van der Waals surface area (Å²) in [6.07, 6.45) is 11.3. The summed E-state index contributed by atoms with van der Waals surface area (Å²) in [5.41, 5.74) is 1.79. The monoisotopic (exact) mass is 414 g/mol. The molecule has 0 saturated heterocycles. The number of ether oxygens (including phenoxy) is 1. The normalized spacial score (nSPS) is 21.2. The van der Waals surface area contributed by atoms with E-state index in [0.29, 0.717) is 32.2 Å². The largest absolute Gasteiger partial charge is 0.379 e. The molecule has 2 heterocycles. The van der Waals surface area contributed by atoms with Crippen molar-refractivity contribution < 1.29 is 14.3 Å². The van der Waals surface area contributed by atoms with Crippen molar-refractivity contribution in [2.24, 2.45) is 13.0 Å². The number of methoxy groups -OCH3 is 1. The smallest absolute Gasteiger partial charge is 0.225 e. The second-order valence-corrected chi connectivity index (χ2v) is 7.87. The Balaban J connectivity index is 1.48. The molecule has 162 valence electrons. The van der Waals surface area contributed by atoms with E-state index in [1.807, 2.05) is 20.3 Å². The van der Waals surface area contributed by atoms with Gasteiger partial charge in [-0.25, -0.2) is 0 Å². The third kappa shape index (κ3) is 5.85. The van der Waals surface area contributed by atoms with E-state index in [0.717, 1.165) is 17.7 Å². The summed E-state index contributed by atoms with van der Waals surface area (Å²) in [7, 11) is 5.31. The van der Waals surface area contributed by atoms with E-state index in [1.54, 1.807) is 41.5 Å². The van der Waals surface area contributed by atoms with Crippen LogP contribution in [-0.4, -0.2) is 62.8 Å². The summed E-state index contributed by atoms with van der Waals surface area (Å²) in [6.45, 7) is 0.531. The zero-order chi connectivity index (χ0) is 21.5. The maximum atomic E-state index is 12.9. The quantitative estimate of drug-likeness (QED) is 0.694. The van der Waals surface area contributed by atoms with Gasteiger partial charge in [0, 0.05) is 70.4 Å². The van der Waals surface area contributed by atoms with Crippen molar-refractivity contribution in [2.75, 3.05) is 14.2 Å². The van der Waals surface area contributed by atoms with Crippen LogP contribution in [0.4, 0.5) is 0 Å². The minimum Gasteiger partial charge on any atom is -0.379 e. The Morgan fingerprint density at radius 3 is 2.80 bits per heavy atom. The maximum Gasteiger partial charge on any atom is 0.225 e. The molecule has 0 unspecified atom stereocenters. The van der Waals surface area contributed by atoms with Gasteiger partial charge in [0.05, 0.1) is 24.0 Å². The fourth-order valence-corrected chi connectivity index (χ4v) is 3.98. The van der Waals surface area contributed by atoms with E-state index in [2.05, 4.69) is 20.4 Å². The summed E-state index contributed by atoms with van der Waals surface area (Å²) in [5.74, 6) is -0.0381. The van der Waals surface area contributed by atoms with Crippen LogP contribution in [0.1, 0.15) is 36.9 Å². The lowest BCUT2D eigenvalue weighted by atomic mass is 9.82. The number of nitrogens with zero attached hydrogens (tertiary/aromatic N) is 5. The van der Waals surface area contributed by atoms with Crippen molar-refractivity contribution in [3.63, 3.8) is 0 Å². The first-order valence-electron chi connectivity index (χ1n) is 10.3. The predicted molar refractivity (Wildman–Crippen MR) is 110 cm³/mol. The fourth-order valence-electron chi connectivity index (χ4n) is 3.98. The van der Waals surface area contributed by atoms with Crippen molar-refractivity contribution in [1.29, 1.82) is 0 Å². The number of carbonyl (C=O) groups excluding carboxylic acids is 2. The Labute approximate surface area is 176 Å². The molecule has 3 atom stereocenters. The lowest BCUT2D eigenvalue weighted by Gasteiger charge is -2.36. The average molecular weight is 415 g/mol. The second kappa shape index (κ2) is 10.3. The lowest BCUT2D eigenvalue weighted by Crippen LogP contribution is -2.49. The first-order valence-corrected chi connectivity index (χ1v) is 10.3. The SMILES string of the molecule is CO[C@H]1C[C@@H](C(=O)N(C)Cc2cnn(C)c2)CC[C@@H]1NC(=O)CCc1cnccn1. The first kappa shape index (κ1) is 21.9. The van der Waals surface area contributed by atoms with Crippen molar-refractivity contribution in [3.05, 3.63) is 42.2 Å². The van der Waals surface area contributed by atoms with Gasteiger partial charge in [-0.1, -0.05) is 0 Å². The highest BCUT2D eigenvalue weighted by molar-refractivity contribution is 5.79. The molecule has 0 radical (unpaired) electrons. The van der Waals surface area contributed by atoms with Gasteiger partial charge in [0.25, 0.3) is 0 Å². The molecule has 9 nitrogen and oxygen atoms in total. The molecule has 1 N–H and O–H groups in total. The third-order valence-electron chi connectivity index (χ3n) is 5.57. The minimum absolute atomic E-state index is 0.0359. The average Bonchev–Trinajstić information content (AvgIpc) is 3.17. The van der Waals surface area contributed by atoms with E-state index in [-0.39, 0.29) is 29.9 Å². The number of aryl methyl sites for hydroxylation is 2. The molecule has 2 amide bonds. The zero-order valence-electron chi connectivity index (χ0n) is 17.8. The van der Waals surface area contributed by atoms with Crippen LogP contribution in [0.3, 0.4) is 0 Å². The standard InChI is InChI=1S/C21H30N6O3/c1-26(13-15-11-24-27(2)14-15)21(29)16-4-6-18(19(10-16)30-3)25-20(28)7-5-17-12-22-8-9-23-17/h8-9,11-12,14,16,18-19H,4-7,10,13H2,1-3H3,(H,25,28)/t16-,18-,19-/m0/s1. The van der Waals surface area contributed by atoms with Gasteiger partial charge in [-0.3, -0.25) is 24.2 Å². The van der Waals surface area contributed by atoms with E-state index in [1.165, 1.54) is 0 Å². The number of hydrogen-bond donors (Lipinski definition) is 1. The fraction of sp³-hybridized carbons (Fsp3) is 0.571. The number of hydrogen-bond acceptors (Lipinski definition) is 6. The van der Waals surface area contributed by atoms with Crippen molar-refractivity contribution >= 4 is 11.8 Å². The van der Waals surface area contributed by atoms with Crippen LogP contribution in [0.5, 0.6) is 0 Å². The number of rotatable bonds is 8. The van der Waals surface area contributed by atoms with Gasteiger partial charge in [0.1, 0.15) is 0 Å². The van der Waals surface area contributed by atoms with Gasteiger partial charge in [-0.2, -0.15) is 5.10 Å². The summed E-state index contributed by atoms with van der Waals surface area (Å²) in [4.78, 5) is 35.2. The van der Waals surface area contributed by atoms with Gasteiger partial charge in [0.15, 0.2) is 0 Å². The number of carbonyl (C=O) groups is 2. The van der Waals surface area contributed by atoms with Crippen molar-refractivity contribution in [2.45, 2.75) is 50.8 Å². The molecule has 0 spiro atoms. The molecule has 1 saturated carbocycles. The molecule has 3 rings (SSSR count). The Hall–Kier alpha value is -2.81.